The van der Waals surface area contributed by atoms with Crippen molar-refractivity contribution in [2.75, 3.05) is 13.7 Å². The number of benzene rings is 2. The van der Waals surface area contributed by atoms with Gasteiger partial charge < -0.3 is 10.5 Å². The largest absolute Gasteiger partial charge is 0.496 e. The van der Waals surface area contributed by atoms with Gasteiger partial charge in [-0.25, -0.2) is 0 Å². The Kier molecular flexibility index (Phi) is 2.88. The van der Waals surface area contributed by atoms with Crippen molar-refractivity contribution in [3.05, 3.63) is 42.0 Å². The van der Waals surface area contributed by atoms with Crippen LogP contribution in [0.3, 0.4) is 0 Å². The summed E-state index contributed by atoms with van der Waals surface area (Å²) in [6, 6.07) is 12.5. The standard InChI is InChI=1S/C13H15NO/c1-15-13-7-6-10(8-9-14)11-4-2-3-5-12(11)13/h2-7H,8-9,14H2,1H3/p+1. The third-order valence-electron chi connectivity index (χ3n) is 2.64. The van der Waals surface area contributed by atoms with E-state index < -0.39 is 0 Å². The molecule has 0 aliphatic carbocycles. The van der Waals surface area contributed by atoms with Crippen molar-refractivity contribution in [1.29, 1.82) is 0 Å². The molecule has 0 bridgehead atoms. The first-order valence-corrected chi connectivity index (χ1v) is 5.20. The quantitative estimate of drug-likeness (QED) is 0.807. The Bertz CT molecular complexity index is 465. The van der Waals surface area contributed by atoms with Gasteiger partial charge in [0.25, 0.3) is 0 Å². The van der Waals surface area contributed by atoms with E-state index in [-0.39, 0.29) is 0 Å². The summed E-state index contributed by atoms with van der Waals surface area (Å²) in [7, 11) is 1.71. The number of hydrogen-bond donors (Lipinski definition) is 1. The SMILES string of the molecule is COc1ccc(CC[NH3+])c2ccccc12. The molecule has 3 N–H and O–H groups in total. The van der Waals surface area contributed by atoms with Gasteiger partial charge in [0.2, 0.25) is 0 Å². The van der Waals surface area contributed by atoms with Gasteiger partial charge in [-0.3, -0.25) is 0 Å². The average Bonchev–Trinajstić information content (AvgIpc) is 2.30. The first-order chi connectivity index (χ1) is 7.36. The Labute approximate surface area is 89.7 Å². The molecule has 15 heavy (non-hydrogen) atoms. The molecule has 0 aliphatic heterocycles. The Morgan fingerprint density at radius 3 is 2.47 bits per heavy atom. The Morgan fingerprint density at radius 1 is 1.07 bits per heavy atom. The van der Waals surface area contributed by atoms with Crippen LogP contribution in [0.15, 0.2) is 36.4 Å². The van der Waals surface area contributed by atoms with Crippen molar-refractivity contribution in [1.82, 2.24) is 0 Å². The monoisotopic (exact) mass is 202 g/mol. The Hall–Kier alpha value is -1.54. The fraction of sp³-hybridized carbons (Fsp3) is 0.231. The number of quaternary nitrogens is 1. The minimum absolute atomic E-state index is 0.927. The maximum absolute atomic E-state index is 5.34. The third-order valence-corrected chi connectivity index (χ3v) is 2.64. The molecule has 2 nitrogen and oxygen atoms in total. The predicted octanol–water partition coefficient (Wildman–Crippen LogP) is 1.63. The minimum atomic E-state index is 0.927. The zero-order chi connectivity index (χ0) is 10.7. The van der Waals surface area contributed by atoms with Crippen LogP contribution in [0.4, 0.5) is 0 Å². The summed E-state index contributed by atoms with van der Waals surface area (Å²) in [5.41, 5.74) is 5.25. The lowest BCUT2D eigenvalue weighted by atomic mass is 10.0. The first kappa shape index (κ1) is 9.99. The van der Waals surface area contributed by atoms with Crippen molar-refractivity contribution in [2.24, 2.45) is 0 Å². The van der Waals surface area contributed by atoms with Crippen molar-refractivity contribution in [3.63, 3.8) is 0 Å². The van der Waals surface area contributed by atoms with Crippen LogP contribution in [0.25, 0.3) is 10.8 Å². The highest BCUT2D eigenvalue weighted by atomic mass is 16.5. The smallest absolute Gasteiger partial charge is 0.126 e. The van der Waals surface area contributed by atoms with Crippen LogP contribution in [0.1, 0.15) is 5.56 Å². The highest BCUT2D eigenvalue weighted by molar-refractivity contribution is 5.91. The van der Waals surface area contributed by atoms with Crippen molar-refractivity contribution in [3.8, 4) is 5.75 Å². The molecule has 2 heteroatoms. The predicted molar refractivity (Wildman–Crippen MR) is 62.0 cm³/mol. The highest BCUT2D eigenvalue weighted by Gasteiger charge is 2.05. The van der Waals surface area contributed by atoms with Crippen LogP contribution in [-0.4, -0.2) is 13.7 Å². The lowest BCUT2D eigenvalue weighted by Gasteiger charge is -2.08. The van der Waals surface area contributed by atoms with Crippen LogP contribution in [0.5, 0.6) is 5.75 Å². The fourth-order valence-electron chi connectivity index (χ4n) is 1.92. The van der Waals surface area contributed by atoms with Crippen LogP contribution in [0, 0.1) is 0 Å². The van der Waals surface area contributed by atoms with E-state index >= 15 is 0 Å². The summed E-state index contributed by atoms with van der Waals surface area (Å²) in [5, 5.41) is 2.46. The normalized spacial score (nSPS) is 10.5. The van der Waals surface area contributed by atoms with Gasteiger partial charge in [0.15, 0.2) is 0 Å². The molecule has 0 heterocycles. The number of ether oxygens (including phenoxy) is 1. The van der Waals surface area contributed by atoms with E-state index in [2.05, 4.69) is 30.0 Å². The van der Waals surface area contributed by atoms with Crippen LogP contribution in [0.2, 0.25) is 0 Å². The Morgan fingerprint density at radius 2 is 1.80 bits per heavy atom. The summed E-state index contributed by atoms with van der Waals surface area (Å²) in [6.45, 7) is 0.927. The lowest BCUT2D eigenvalue weighted by Crippen LogP contribution is -2.51. The van der Waals surface area contributed by atoms with Crippen molar-refractivity contribution in [2.45, 2.75) is 6.42 Å². The van der Waals surface area contributed by atoms with Gasteiger partial charge in [0.05, 0.1) is 13.7 Å². The topological polar surface area (TPSA) is 36.9 Å². The van der Waals surface area contributed by atoms with E-state index in [4.69, 9.17) is 4.74 Å². The molecule has 2 aromatic rings. The molecule has 78 valence electrons. The molecule has 2 aromatic carbocycles. The van der Waals surface area contributed by atoms with E-state index in [9.17, 15) is 0 Å². The molecule has 0 unspecified atom stereocenters. The zero-order valence-electron chi connectivity index (χ0n) is 8.99. The highest BCUT2D eigenvalue weighted by Crippen LogP contribution is 2.28. The average molecular weight is 202 g/mol. The van der Waals surface area contributed by atoms with Crippen LogP contribution in [-0.2, 0) is 6.42 Å². The summed E-state index contributed by atoms with van der Waals surface area (Å²) < 4.78 is 5.34. The molecule has 0 aromatic heterocycles. The molecule has 0 aliphatic rings. The van der Waals surface area contributed by atoms with Gasteiger partial charge in [-0.2, -0.15) is 0 Å². The first-order valence-electron chi connectivity index (χ1n) is 5.20. The molecular weight excluding hydrogens is 186 g/mol. The molecule has 0 saturated heterocycles. The summed E-state index contributed by atoms with van der Waals surface area (Å²) in [5.74, 6) is 0.943. The summed E-state index contributed by atoms with van der Waals surface area (Å²) in [4.78, 5) is 0. The van der Waals surface area contributed by atoms with Gasteiger partial charge in [0.1, 0.15) is 5.75 Å². The number of rotatable bonds is 3. The number of hydrogen-bond acceptors (Lipinski definition) is 1. The zero-order valence-corrected chi connectivity index (χ0v) is 8.99. The summed E-state index contributed by atoms with van der Waals surface area (Å²) in [6.07, 6.45) is 1.02. The van der Waals surface area contributed by atoms with Crippen LogP contribution >= 0.6 is 0 Å². The maximum atomic E-state index is 5.34. The molecule has 0 fully saturated rings. The van der Waals surface area contributed by atoms with Gasteiger partial charge in [-0.15, -0.1) is 0 Å². The second-order valence-corrected chi connectivity index (χ2v) is 3.58. The van der Waals surface area contributed by atoms with Gasteiger partial charge in [-0.1, -0.05) is 30.3 Å². The molecule has 0 radical (unpaired) electrons. The van der Waals surface area contributed by atoms with E-state index in [1.54, 1.807) is 7.11 Å². The van der Waals surface area contributed by atoms with E-state index in [1.807, 2.05) is 12.1 Å². The molecule has 0 amide bonds. The van der Waals surface area contributed by atoms with Gasteiger partial charge >= 0.3 is 0 Å². The number of methoxy groups -OCH3 is 1. The number of fused-ring (bicyclic) bond motifs is 1. The molecule has 0 atom stereocenters. The van der Waals surface area contributed by atoms with E-state index in [0.717, 1.165) is 18.7 Å². The second kappa shape index (κ2) is 4.32. The Balaban J connectivity index is 2.66. The lowest BCUT2D eigenvalue weighted by molar-refractivity contribution is -0.366. The third kappa shape index (κ3) is 1.81. The van der Waals surface area contributed by atoms with Crippen LogP contribution < -0.4 is 10.5 Å². The maximum Gasteiger partial charge on any atom is 0.126 e. The molecular formula is C13H16NO+. The van der Waals surface area contributed by atoms with Gasteiger partial charge in [-0.05, 0) is 17.0 Å². The molecule has 2 rings (SSSR count). The molecule has 0 spiro atoms. The minimum Gasteiger partial charge on any atom is -0.496 e. The fourth-order valence-corrected chi connectivity index (χ4v) is 1.92. The summed E-state index contributed by atoms with van der Waals surface area (Å²) >= 11 is 0. The van der Waals surface area contributed by atoms with Crippen molar-refractivity contribution >= 4 is 10.8 Å². The molecule has 0 saturated carbocycles. The van der Waals surface area contributed by atoms with Gasteiger partial charge in [0, 0.05) is 11.8 Å². The second-order valence-electron chi connectivity index (χ2n) is 3.58. The van der Waals surface area contributed by atoms with Crippen molar-refractivity contribution < 1.29 is 10.5 Å². The van der Waals surface area contributed by atoms with E-state index in [0.29, 0.717) is 0 Å². The van der Waals surface area contributed by atoms with E-state index in [1.165, 1.54) is 16.3 Å².